The third-order valence-electron chi connectivity index (χ3n) is 4.75. The lowest BCUT2D eigenvalue weighted by molar-refractivity contribution is -0.115. The molecular formula is C21H28FN3O3S. The summed E-state index contributed by atoms with van der Waals surface area (Å²) >= 11 is 0. The summed E-state index contributed by atoms with van der Waals surface area (Å²) in [5.74, 6) is -0.662. The lowest BCUT2D eigenvalue weighted by atomic mass is 10.1. The molecule has 0 aromatic heterocycles. The zero-order valence-corrected chi connectivity index (χ0v) is 18.0. The Kier molecular flexibility index (Phi) is 7.89. The number of carbonyl (C=O) groups excluding carboxylic acids is 1. The van der Waals surface area contributed by atoms with E-state index >= 15 is 0 Å². The molecule has 1 amide bonds. The summed E-state index contributed by atoms with van der Waals surface area (Å²) in [5.41, 5.74) is 1.78. The Morgan fingerprint density at radius 3 is 2.28 bits per heavy atom. The normalized spacial score (nSPS) is 12.8. The second-order valence-electron chi connectivity index (χ2n) is 6.77. The van der Waals surface area contributed by atoms with E-state index in [1.807, 2.05) is 6.92 Å². The average molecular weight is 422 g/mol. The number of hydrogen-bond acceptors (Lipinski definition) is 4. The number of rotatable bonds is 9. The first-order valence-corrected chi connectivity index (χ1v) is 11.0. The summed E-state index contributed by atoms with van der Waals surface area (Å²) in [6.07, 6.45) is 0. The highest BCUT2D eigenvalue weighted by Crippen LogP contribution is 2.19. The number of nitrogens with zero attached hydrogens (tertiary/aromatic N) is 1. The zero-order valence-electron chi connectivity index (χ0n) is 17.2. The molecule has 0 aliphatic rings. The minimum Gasteiger partial charge on any atom is -0.325 e. The SMILES string of the molecule is CCN(CC)S(=O)(=O)c1ccc([C@H](C)NCC(=O)Nc2ccc(C)c(F)c2)cc1. The molecule has 1 atom stereocenters. The van der Waals surface area contributed by atoms with Crippen molar-refractivity contribution >= 4 is 21.6 Å². The van der Waals surface area contributed by atoms with E-state index < -0.39 is 10.0 Å². The Balaban J connectivity index is 1.96. The summed E-state index contributed by atoms with van der Waals surface area (Å²) in [6, 6.07) is 11.0. The molecular weight excluding hydrogens is 393 g/mol. The van der Waals surface area contributed by atoms with E-state index in [1.165, 1.54) is 10.4 Å². The van der Waals surface area contributed by atoms with Gasteiger partial charge >= 0.3 is 0 Å². The highest BCUT2D eigenvalue weighted by molar-refractivity contribution is 7.89. The molecule has 0 bridgehead atoms. The molecule has 0 unspecified atom stereocenters. The molecule has 2 aromatic carbocycles. The number of carbonyl (C=O) groups is 1. The summed E-state index contributed by atoms with van der Waals surface area (Å²) in [4.78, 5) is 12.3. The van der Waals surface area contributed by atoms with Crippen LogP contribution in [-0.2, 0) is 14.8 Å². The fraction of sp³-hybridized carbons (Fsp3) is 0.381. The highest BCUT2D eigenvalue weighted by atomic mass is 32.2. The van der Waals surface area contributed by atoms with E-state index in [9.17, 15) is 17.6 Å². The van der Waals surface area contributed by atoms with Crippen molar-refractivity contribution in [1.82, 2.24) is 9.62 Å². The maximum absolute atomic E-state index is 13.6. The Morgan fingerprint density at radius 1 is 1.10 bits per heavy atom. The van der Waals surface area contributed by atoms with Gasteiger partial charge in [0.2, 0.25) is 15.9 Å². The topological polar surface area (TPSA) is 78.5 Å². The standard InChI is InChI=1S/C21H28FN3O3S/c1-5-25(6-2)29(27,28)19-11-8-17(9-12-19)16(4)23-14-21(26)24-18-10-7-15(3)20(22)13-18/h7-13,16,23H,5-6,14H2,1-4H3,(H,24,26)/t16-/m0/s1. The number of sulfonamides is 1. The van der Waals surface area contributed by atoms with Gasteiger partial charge in [0.05, 0.1) is 11.4 Å². The fourth-order valence-electron chi connectivity index (χ4n) is 2.88. The molecule has 0 saturated heterocycles. The number of hydrogen-bond donors (Lipinski definition) is 2. The van der Waals surface area contributed by atoms with Gasteiger partial charge in [0.1, 0.15) is 5.82 Å². The van der Waals surface area contributed by atoms with E-state index in [-0.39, 0.29) is 29.2 Å². The van der Waals surface area contributed by atoms with Gasteiger partial charge in [0.25, 0.3) is 0 Å². The smallest absolute Gasteiger partial charge is 0.243 e. The van der Waals surface area contributed by atoms with Crippen LogP contribution in [0.5, 0.6) is 0 Å². The number of anilines is 1. The number of aryl methyl sites for hydroxylation is 1. The van der Waals surface area contributed by atoms with Gasteiger partial charge in [-0.15, -0.1) is 0 Å². The summed E-state index contributed by atoms with van der Waals surface area (Å²) < 4.78 is 40.0. The summed E-state index contributed by atoms with van der Waals surface area (Å²) in [7, 11) is -3.49. The lowest BCUT2D eigenvalue weighted by Crippen LogP contribution is -2.31. The minimum atomic E-state index is -3.49. The number of nitrogens with one attached hydrogen (secondary N) is 2. The monoisotopic (exact) mass is 421 g/mol. The van der Waals surface area contributed by atoms with Crippen LogP contribution in [0.3, 0.4) is 0 Å². The van der Waals surface area contributed by atoms with Crippen LogP contribution in [-0.4, -0.2) is 38.3 Å². The maximum atomic E-state index is 13.6. The van der Waals surface area contributed by atoms with Crippen molar-refractivity contribution in [3.8, 4) is 0 Å². The summed E-state index contributed by atoms with van der Waals surface area (Å²) in [5, 5.41) is 5.73. The quantitative estimate of drug-likeness (QED) is 0.650. The van der Waals surface area contributed by atoms with Gasteiger partial charge < -0.3 is 10.6 Å². The number of benzene rings is 2. The van der Waals surface area contributed by atoms with E-state index in [0.29, 0.717) is 24.3 Å². The van der Waals surface area contributed by atoms with Crippen LogP contribution in [0.1, 0.15) is 37.9 Å². The van der Waals surface area contributed by atoms with E-state index in [0.717, 1.165) is 5.56 Å². The van der Waals surface area contributed by atoms with Crippen LogP contribution < -0.4 is 10.6 Å². The first-order chi connectivity index (χ1) is 13.7. The first-order valence-electron chi connectivity index (χ1n) is 9.58. The highest BCUT2D eigenvalue weighted by Gasteiger charge is 2.21. The van der Waals surface area contributed by atoms with Gasteiger partial charge in [-0.1, -0.05) is 32.0 Å². The Hall–Kier alpha value is -2.29. The van der Waals surface area contributed by atoms with Gasteiger partial charge in [0, 0.05) is 24.8 Å². The average Bonchev–Trinajstić information content (AvgIpc) is 2.70. The van der Waals surface area contributed by atoms with Crippen molar-refractivity contribution < 1.29 is 17.6 Å². The van der Waals surface area contributed by atoms with Crippen LogP contribution in [0, 0.1) is 12.7 Å². The Labute approximate surface area is 172 Å². The molecule has 2 aromatic rings. The number of amides is 1. The lowest BCUT2D eigenvalue weighted by Gasteiger charge is -2.19. The molecule has 0 spiro atoms. The molecule has 0 fully saturated rings. The van der Waals surface area contributed by atoms with Gasteiger partial charge in [-0.3, -0.25) is 4.79 Å². The van der Waals surface area contributed by atoms with Gasteiger partial charge in [-0.25, -0.2) is 12.8 Å². The van der Waals surface area contributed by atoms with E-state index in [4.69, 9.17) is 0 Å². The molecule has 8 heteroatoms. The van der Waals surface area contributed by atoms with Crippen LogP contribution in [0.25, 0.3) is 0 Å². The number of halogens is 1. The van der Waals surface area contributed by atoms with Crippen molar-refractivity contribution in [2.24, 2.45) is 0 Å². The first kappa shape index (κ1) is 23.0. The van der Waals surface area contributed by atoms with E-state index in [2.05, 4.69) is 10.6 Å². The minimum absolute atomic E-state index is 0.0379. The van der Waals surface area contributed by atoms with Crippen molar-refractivity contribution in [3.05, 3.63) is 59.4 Å². The van der Waals surface area contributed by atoms with Crippen molar-refractivity contribution in [1.29, 1.82) is 0 Å². The summed E-state index contributed by atoms with van der Waals surface area (Å²) in [6.45, 7) is 8.01. The van der Waals surface area contributed by atoms with Crippen LogP contribution in [0.4, 0.5) is 10.1 Å². The zero-order chi connectivity index (χ0) is 21.6. The van der Waals surface area contributed by atoms with Gasteiger partial charge in [-0.05, 0) is 49.2 Å². The molecule has 29 heavy (non-hydrogen) atoms. The van der Waals surface area contributed by atoms with Gasteiger partial charge in [-0.2, -0.15) is 4.31 Å². The van der Waals surface area contributed by atoms with Crippen LogP contribution in [0.2, 0.25) is 0 Å². The predicted molar refractivity (Wildman–Crippen MR) is 113 cm³/mol. The largest absolute Gasteiger partial charge is 0.325 e. The van der Waals surface area contributed by atoms with Crippen molar-refractivity contribution in [3.63, 3.8) is 0 Å². The maximum Gasteiger partial charge on any atom is 0.243 e. The van der Waals surface area contributed by atoms with Crippen molar-refractivity contribution in [2.45, 2.75) is 38.6 Å². The second kappa shape index (κ2) is 9.96. The molecule has 0 radical (unpaired) electrons. The van der Waals surface area contributed by atoms with Crippen LogP contribution >= 0.6 is 0 Å². The molecule has 2 rings (SSSR count). The molecule has 2 N–H and O–H groups in total. The van der Waals surface area contributed by atoms with E-state index in [1.54, 1.807) is 57.2 Å². The Morgan fingerprint density at radius 2 is 1.72 bits per heavy atom. The molecule has 6 nitrogen and oxygen atoms in total. The molecule has 0 saturated carbocycles. The molecule has 0 heterocycles. The van der Waals surface area contributed by atoms with Crippen molar-refractivity contribution in [2.75, 3.05) is 25.0 Å². The Bertz CT molecular complexity index is 942. The molecule has 0 aliphatic carbocycles. The molecule has 158 valence electrons. The second-order valence-corrected chi connectivity index (χ2v) is 8.71. The third-order valence-corrected chi connectivity index (χ3v) is 6.81. The van der Waals surface area contributed by atoms with Gasteiger partial charge in [0.15, 0.2) is 0 Å². The fourth-order valence-corrected chi connectivity index (χ4v) is 4.34. The predicted octanol–water partition coefficient (Wildman–Crippen LogP) is 3.45. The van der Waals surface area contributed by atoms with Crippen LogP contribution in [0.15, 0.2) is 47.4 Å². The molecule has 0 aliphatic heterocycles. The third kappa shape index (κ3) is 5.85.